The molecule has 0 radical (unpaired) electrons. The molecule has 0 spiro atoms. The molecule has 0 saturated carbocycles. The Morgan fingerprint density at radius 3 is 2.12 bits per heavy atom. The Hall–Kier alpha value is -2.18. The molecule has 132 valence electrons. The van der Waals surface area contributed by atoms with Crippen LogP contribution in [0.4, 0.5) is 0 Å². The van der Waals surface area contributed by atoms with E-state index in [0.717, 1.165) is 18.4 Å². The summed E-state index contributed by atoms with van der Waals surface area (Å²) in [5.74, 6) is -0.152. The molecule has 0 aromatic heterocycles. The van der Waals surface area contributed by atoms with Crippen LogP contribution < -0.4 is 4.72 Å². The van der Waals surface area contributed by atoms with Gasteiger partial charge in [0.2, 0.25) is 15.9 Å². The van der Waals surface area contributed by atoms with Gasteiger partial charge in [0.25, 0.3) is 0 Å². The highest BCUT2D eigenvalue weighted by Gasteiger charge is 2.30. The number of nitrogens with one attached hydrogen (secondary N) is 1. The number of carbonyl (C=O) groups is 1. The molecular formula is C19H22N2O3S. The molecule has 1 aliphatic heterocycles. The summed E-state index contributed by atoms with van der Waals surface area (Å²) in [5, 5.41) is 0. The number of carbonyl (C=O) groups excluding carboxylic acids is 1. The van der Waals surface area contributed by atoms with Crippen molar-refractivity contribution in [1.29, 1.82) is 0 Å². The highest BCUT2D eigenvalue weighted by molar-refractivity contribution is 7.89. The van der Waals surface area contributed by atoms with Gasteiger partial charge in [0.05, 0.1) is 4.90 Å². The first-order valence-electron chi connectivity index (χ1n) is 8.46. The maximum atomic E-state index is 12.9. The van der Waals surface area contributed by atoms with Crippen LogP contribution in [0.25, 0.3) is 0 Å². The van der Waals surface area contributed by atoms with E-state index in [9.17, 15) is 13.2 Å². The first-order valence-corrected chi connectivity index (χ1v) is 9.95. The minimum absolute atomic E-state index is 0.152. The van der Waals surface area contributed by atoms with Gasteiger partial charge in [-0.3, -0.25) is 4.79 Å². The normalized spacial score (nSPS) is 15.9. The number of sulfonamides is 1. The summed E-state index contributed by atoms with van der Waals surface area (Å²) in [4.78, 5) is 14.8. The Kier molecular flexibility index (Phi) is 5.50. The van der Waals surface area contributed by atoms with Crippen molar-refractivity contribution < 1.29 is 13.2 Å². The number of nitrogens with zero attached hydrogens (tertiary/aromatic N) is 1. The van der Waals surface area contributed by atoms with Crippen molar-refractivity contribution in [2.75, 3.05) is 13.1 Å². The maximum absolute atomic E-state index is 12.9. The number of hydrogen-bond donors (Lipinski definition) is 1. The molecule has 0 bridgehead atoms. The van der Waals surface area contributed by atoms with Gasteiger partial charge in [0.1, 0.15) is 6.04 Å². The molecule has 1 fully saturated rings. The lowest BCUT2D eigenvalue weighted by Crippen LogP contribution is -2.48. The van der Waals surface area contributed by atoms with Gasteiger partial charge < -0.3 is 4.90 Å². The van der Waals surface area contributed by atoms with Crippen molar-refractivity contribution in [3.8, 4) is 0 Å². The molecule has 0 unspecified atom stereocenters. The van der Waals surface area contributed by atoms with Crippen LogP contribution in [0, 0.1) is 0 Å². The zero-order chi connectivity index (χ0) is 17.7. The molecule has 6 heteroatoms. The lowest BCUT2D eigenvalue weighted by molar-refractivity contribution is -0.131. The van der Waals surface area contributed by atoms with Gasteiger partial charge in [0, 0.05) is 13.1 Å². The molecule has 1 N–H and O–H groups in total. The Bertz CT molecular complexity index is 801. The Balaban J connectivity index is 1.84. The number of amides is 1. The minimum Gasteiger partial charge on any atom is -0.341 e. The number of hydrogen-bond acceptors (Lipinski definition) is 3. The Labute approximate surface area is 148 Å². The van der Waals surface area contributed by atoms with Gasteiger partial charge >= 0.3 is 0 Å². The van der Waals surface area contributed by atoms with E-state index in [-0.39, 0.29) is 10.8 Å². The lowest BCUT2D eigenvalue weighted by atomic mass is 10.1. The summed E-state index contributed by atoms with van der Waals surface area (Å²) in [6.07, 6.45) is 2.27. The van der Waals surface area contributed by atoms with Crippen LogP contribution in [0.15, 0.2) is 65.6 Å². The first-order chi connectivity index (χ1) is 12.1. The molecule has 2 aromatic carbocycles. The van der Waals surface area contributed by atoms with E-state index in [1.807, 2.05) is 30.3 Å². The summed E-state index contributed by atoms with van der Waals surface area (Å²) in [6.45, 7) is 1.38. The fraction of sp³-hybridized carbons (Fsp3) is 0.316. The number of benzene rings is 2. The van der Waals surface area contributed by atoms with Crippen molar-refractivity contribution in [3.05, 3.63) is 66.2 Å². The summed E-state index contributed by atoms with van der Waals surface area (Å²) in [6, 6.07) is 16.8. The molecule has 25 heavy (non-hydrogen) atoms. The van der Waals surface area contributed by atoms with Crippen LogP contribution in [-0.4, -0.2) is 38.4 Å². The van der Waals surface area contributed by atoms with E-state index < -0.39 is 16.1 Å². The first kappa shape index (κ1) is 17.6. The van der Waals surface area contributed by atoms with Gasteiger partial charge in [-0.2, -0.15) is 4.72 Å². The number of likely N-dealkylation sites (tertiary alicyclic amines) is 1. The van der Waals surface area contributed by atoms with Crippen LogP contribution in [0.1, 0.15) is 18.4 Å². The molecule has 1 atom stereocenters. The minimum atomic E-state index is -3.75. The molecule has 1 aliphatic rings. The molecule has 1 heterocycles. The average Bonchev–Trinajstić information content (AvgIpc) is 3.17. The van der Waals surface area contributed by atoms with Crippen LogP contribution >= 0.6 is 0 Å². The van der Waals surface area contributed by atoms with E-state index in [4.69, 9.17) is 0 Å². The van der Waals surface area contributed by atoms with Crippen LogP contribution in [-0.2, 0) is 21.2 Å². The quantitative estimate of drug-likeness (QED) is 0.861. The molecule has 2 aromatic rings. The Morgan fingerprint density at radius 2 is 1.52 bits per heavy atom. The van der Waals surface area contributed by atoms with Crippen molar-refractivity contribution in [2.45, 2.75) is 30.2 Å². The molecule has 0 aliphatic carbocycles. The van der Waals surface area contributed by atoms with Crippen molar-refractivity contribution in [3.63, 3.8) is 0 Å². The van der Waals surface area contributed by atoms with Crippen molar-refractivity contribution in [1.82, 2.24) is 9.62 Å². The summed E-state index contributed by atoms with van der Waals surface area (Å²) < 4.78 is 28.0. The summed E-state index contributed by atoms with van der Waals surface area (Å²) >= 11 is 0. The van der Waals surface area contributed by atoms with Crippen molar-refractivity contribution >= 4 is 15.9 Å². The van der Waals surface area contributed by atoms with Crippen molar-refractivity contribution in [2.24, 2.45) is 0 Å². The molecule has 1 amide bonds. The lowest BCUT2D eigenvalue weighted by Gasteiger charge is -2.24. The van der Waals surface area contributed by atoms with Crippen LogP contribution in [0.5, 0.6) is 0 Å². The smallest absolute Gasteiger partial charge is 0.241 e. The zero-order valence-electron chi connectivity index (χ0n) is 14.0. The van der Waals surface area contributed by atoms with E-state index in [0.29, 0.717) is 19.5 Å². The highest BCUT2D eigenvalue weighted by atomic mass is 32.2. The van der Waals surface area contributed by atoms with Gasteiger partial charge in [-0.15, -0.1) is 0 Å². The van der Waals surface area contributed by atoms with Gasteiger partial charge in [0.15, 0.2) is 0 Å². The molecule has 5 nitrogen and oxygen atoms in total. The third kappa shape index (κ3) is 4.46. The third-order valence-corrected chi connectivity index (χ3v) is 5.84. The second-order valence-corrected chi connectivity index (χ2v) is 7.92. The largest absolute Gasteiger partial charge is 0.341 e. The summed E-state index contributed by atoms with van der Waals surface area (Å²) in [7, 11) is -3.75. The van der Waals surface area contributed by atoms with Crippen LogP contribution in [0.3, 0.4) is 0 Å². The second kappa shape index (κ2) is 7.80. The molecule has 3 rings (SSSR count). The fourth-order valence-corrected chi connectivity index (χ4v) is 4.25. The van der Waals surface area contributed by atoms with Gasteiger partial charge in [-0.1, -0.05) is 48.5 Å². The van der Waals surface area contributed by atoms with Gasteiger partial charge in [-0.25, -0.2) is 8.42 Å². The summed E-state index contributed by atoms with van der Waals surface area (Å²) in [5.41, 5.74) is 0.927. The number of rotatable bonds is 6. The Morgan fingerprint density at radius 1 is 0.960 bits per heavy atom. The second-order valence-electron chi connectivity index (χ2n) is 6.21. The van der Waals surface area contributed by atoms with Gasteiger partial charge in [-0.05, 0) is 37.0 Å². The predicted molar refractivity (Wildman–Crippen MR) is 96.5 cm³/mol. The van der Waals surface area contributed by atoms with E-state index in [1.165, 1.54) is 12.1 Å². The predicted octanol–water partition coefficient (Wildman–Crippen LogP) is 2.20. The fourth-order valence-electron chi connectivity index (χ4n) is 3.04. The van der Waals surface area contributed by atoms with E-state index in [1.54, 1.807) is 23.1 Å². The zero-order valence-corrected chi connectivity index (χ0v) is 14.8. The molecule has 1 saturated heterocycles. The molecular weight excluding hydrogens is 336 g/mol. The maximum Gasteiger partial charge on any atom is 0.241 e. The van der Waals surface area contributed by atoms with E-state index in [2.05, 4.69) is 4.72 Å². The topological polar surface area (TPSA) is 66.5 Å². The van der Waals surface area contributed by atoms with Crippen LogP contribution in [0.2, 0.25) is 0 Å². The van der Waals surface area contributed by atoms with E-state index >= 15 is 0 Å². The standard InChI is InChI=1S/C19H22N2O3S/c22-19(21-13-7-8-14-21)18(15-16-9-3-1-4-10-16)20-25(23,24)17-11-5-2-6-12-17/h1-6,9-12,18,20H,7-8,13-15H2/t18-/m1/s1. The monoisotopic (exact) mass is 358 g/mol. The average molecular weight is 358 g/mol. The SMILES string of the molecule is O=C([C@@H](Cc1ccccc1)NS(=O)(=O)c1ccccc1)N1CCCC1. The third-order valence-electron chi connectivity index (χ3n) is 4.35. The highest BCUT2D eigenvalue weighted by Crippen LogP contribution is 2.15.